The average Bonchev–Trinajstić information content (AvgIpc) is 3.39. The average molecular weight is 319 g/mol. The van der Waals surface area contributed by atoms with E-state index in [1.165, 1.54) is 18.4 Å². The molecule has 0 heterocycles. The molecular weight excluding hydrogens is 290 g/mol. The minimum absolute atomic E-state index is 0.717. The third kappa shape index (κ3) is 6.48. The predicted octanol–water partition coefficient (Wildman–Crippen LogP) is 2.49. The number of methoxy groups -OCH3 is 1. The van der Waals surface area contributed by atoms with Crippen molar-refractivity contribution >= 4 is 5.96 Å². The van der Waals surface area contributed by atoms with Crippen LogP contribution in [0.3, 0.4) is 0 Å². The Morgan fingerprint density at radius 1 is 1.30 bits per heavy atom. The molecule has 23 heavy (non-hydrogen) atoms. The van der Waals surface area contributed by atoms with E-state index in [1.807, 2.05) is 6.92 Å². The van der Waals surface area contributed by atoms with Gasteiger partial charge in [0.1, 0.15) is 5.75 Å². The number of aliphatic imine (C=N–C) groups is 1. The number of benzene rings is 1. The van der Waals surface area contributed by atoms with Crippen LogP contribution in [0, 0.1) is 12.8 Å². The maximum atomic E-state index is 5.62. The highest BCUT2D eigenvalue weighted by atomic mass is 16.5. The first kappa shape index (κ1) is 17.6. The zero-order valence-corrected chi connectivity index (χ0v) is 14.5. The van der Waals surface area contributed by atoms with Crippen molar-refractivity contribution in [3.8, 4) is 5.75 Å². The number of nitrogens with zero attached hydrogens (tertiary/aromatic N) is 1. The second-order valence-electron chi connectivity index (χ2n) is 6.03. The summed E-state index contributed by atoms with van der Waals surface area (Å²) >= 11 is 0. The van der Waals surface area contributed by atoms with Crippen molar-refractivity contribution in [1.29, 1.82) is 0 Å². The Kier molecular flexibility index (Phi) is 7.20. The fraction of sp³-hybridized carbons (Fsp3) is 0.611. The summed E-state index contributed by atoms with van der Waals surface area (Å²) in [6, 6.07) is 6.23. The van der Waals surface area contributed by atoms with Gasteiger partial charge in [-0.3, -0.25) is 4.99 Å². The van der Waals surface area contributed by atoms with Crippen molar-refractivity contribution in [2.24, 2.45) is 10.9 Å². The van der Waals surface area contributed by atoms with Gasteiger partial charge >= 0.3 is 0 Å². The van der Waals surface area contributed by atoms with Crippen LogP contribution in [0.15, 0.2) is 23.2 Å². The van der Waals surface area contributed by atoms with E-state index >= 15 is 0 Å². The Balaban J connectivity index is 1.63. The summed E-state index contributed by atoms with van der Waals surface area (Å²) in [5, 5.41) is 6.63. The minimum Gasteiger partial charge on any atom is -0.496 e. The summed E-state index contributed by atoms with van der Waals surface area (Å²) in [7, 11) is 3.49. The highest BCUT2D eigenvalue weighted by molar-refractivity contribution is 5.79. The number of hydrogen-bond acceptors (Lipinski definition) is 3. The van der Waals surface area contributed by atoms with Gasteiger partial charge in [0.2, 0.25) is 0 Å². The smallest absolute Gasteiger partial charge is 0.191 e. The second-order valence-corrected chi connectivity index (χ2v) is 6.03. The highest BCUT2D eigenvalue weighted by Crippen LogP contribution is 2.28. The molecule has 0 aromatic heterocycles. The molecule has 1 saturated carbocycles. The van der Waals surface area contributed by atoms with E-state index in [9.17, 15) is 0 Å². The fourth-order valence-electron chi connectivity index (χ4n) is 2.30. The van der Waals surface area contributed by atoms with Crippen LogP contribution in [0.4, 0.5) is 0 Å². The van der Waals surface area contributed by atoms with Crippen LogP contribution in [0.5, 0.6) is 5.75 Å². The van der Waals surface area contributed by atoms with Crippen LogP contribution in [0.1, 0.15) is 30.4 Å². The molecule has 0 bridgehead atoms. The van der Waals surface area contributed by atoms with Crippen molar-refractivity contribution < 1.29 is 9.47 Å². The number of hydrogen-bond donors (Lipinski definition) is 2. The zero-order chi connectivity index (χ0) is 16.5. The molecule has 1 aliphatic carbocycles. The summed E-state index contributed by atoms with van der Waals surface area (Å²) in [6.45, 7) is 5.37. The first-order valence-corrected chi connectivity index (χ1v) is 8.38. The number of aryl methyl sites for hydroxylation is 1. The first-order chi connectivity index (χ1) is 11.2. The van der Waals surface area contributed by atoms with E-state index in [4.69, 9.17) is 9.47 Å². The molecule has 0 spiro atoms. The zero-order valence-electron chi connectivity index (χ0n) is 14.5. The van der Waals surface area contributed by atoms with E-state index in [1.54, 1.807) is 14.2 Å². The van der Waals surface area contributed by atoms with Gasteiger partial charge in [0.15, 0.2) is 5.96 Å². The van der Waals surface area contributed by atoms with Crippen molar-refractivity contribution in [1.82, 2.24) is 10.6 Å². The summed E-state index contributed by atoms with van der Waals surface area (Å²) in [4.78, 5) is 4.24. The third-order valence-electron chi connectivity index (χ3n) is 3.96. The normalized spacial score (nSPS) is 14.7. The van der Waals surface area contributed by atoms with Crippen LogP contribution >= 0.6 is 0 Å². The fourth-order valence-corrected chi connectivity index (χ4v) is 2.30. The Labute approximate surface area is 139 Å². The Morgan fingerprint density at radius 3 is 2.83 bits per heavy atom. The lowest BCUT2D eigenvalue weighted by Crippen LogP contribution is -2.37. The summed E-state index contributed by atoms with van der Waals surface area (Å²) in [6.07, 6.45) is 3.68. The van der Waals surface area contributed by atoms with Gasteiger partial charge in [-0.15, -0.1) is 0 Å². The van der Waals surface area contributed by atoms with Crippen molar-refractivity contribution in [2.75, 3.05) is 33.9 Å². The van der Waals surface area contributed by atoms with Gasteiger partial charge < -0.3 is 20.1 Å². The number of guanidine groups is 1. The Bertz CT molecular complexity index is 513. The Hall–Kier alpha value is -1.75. The molecule has 5 heteroatoms. The topological polar surface area (TPSA) is 54.9 Å². The highest BCUT2D eigenvalue weighted by Gasteiger charge is 2.20. The molecule has 1 aliphatic rings. The van der Waals surface area contributed by atoms with Gasteiger partial charge in [0, 0.05) is 33.4 Å². The molecule has 2 rings (SSSR count). The molecule has 0 atom stereocenters. The van der Waals surface area contributed by atoms with Crippen LogP contribution < -0.4 is 15.4 Å². The molecule has 0 radical (unpaired) electrons. The standard InChI is InChI=1S/C18H29N3O2/c1-14-5-6-16(11-17(14)22-3)12-21-18(19-2)20-9-4-10-23-13-15-7-8-15/h5-6,11,15H,4,7-10,12-13H2,1-3H3,(H2,19,20,21). The molecule has 0 aliphatic heterocycles. The molecule has 0 unspecified atom stereocenters. The van der Waals surface area contributed by atoms with Crippen LogP contribution in [0.2, 0.25) is 0 Å². The van der Waals surface area contributed by atoms with Gasteiger partial charge in [-0.2, -0.15) is 0 Å². The minimum atomic E-state index is 0.717. The monoisotopic (exact) mass is 319 g/mol. The molecule has 1 fully saturated rings. The van der Waals surface area contributed by atoms with E-state index in [-0.39, 0.29) is 0 Å². The van der Waals surface area contributed by atoms with E-state index in [2.05, 4.69) is 33.8 Å². The molecule has 1 aromatic rings. The second kappa shape index (κ2) is 9.40. The van der Waals surface area contributed by atoms with Crippen molar-refractivity contribution in [3.05, 3.63) is 29.3 Å². The molecule has 0 saturated heterocycles. The molecule has 2 N–H and O–H groups in total. The van der Waals surface area contributed by atoms with Gasteiger partial charge in [0.25, 0.3) is 0 Å². The number of ether oxygens (including phenoxy) is 2. The Morgan fingerprint density at radius 2 is 2.13 bits per heavy atom. The van der Waals surface area contributed by atoms with E-state index in [0.29, 0.717) is 6.54 Å². The van der Waals surface area contributed by atoms with Gasteiger partial charge in [-0.1, -0.05) is 12.1 Å². The van der Waals surface area contributed by atoms with Gasteiger partial charge in [-0.25, -0.2) is 0 Å². The van der Waals surface area contributed by atoms with Crippen molar-refractivity contribution in [3.63, 3.8) is 0 Å². The number of nitrogens with one attached hydrogen (secondary N) is 2. The van der Waals surface area contributed by atoms with Crippen LogP contribution in [-0.2, 0) is 11.3 Å². The predicted molar refractivity (Wildman–Crippen MR) is 94.1 cm³/mol. The third-order valence-corrected chi connectivity index (χ3v) is 3.96. The van der Waals surface area contributed by atoms with Gasteiger partial charge in [0.05, 0.1) is 7.11 Å². The summed E-state index contributed by atoms with van der Waals surface area (Å²) in [5.41, 5.74) is 2.31. The molecule has 0 amide bonds. The van der Waals surface area contributed by atoms with Gasteiger partial charge in [-0.05, 0) is 49.3 Å². The molecule has 5 nitrogen and oxygen atoms in total. The lowest BCUT2D eigenvalue weighted by Gasteiger charge is -2.13. The maximum Gasteiger partial charge on any atom is 0.191 e. The lowest BCUT2D eigenvalue weighted by molar-refractivity contribution is 0.123. The maximum absolute atomic E-state index is 5.62. The number of rotatable bonds is 9. The SMILES string of the molecule is CN=C(NCCCOCC1CC1)NCc1ccc(C)c(OC)c1. The van der Waals surface area contributed by atoms with Crippen molar-refractivity contribution in [2.45, 2.75) is 32.7 Å². The van der Waals surface area contributed by atoms with Crippen LogP contribution in [-0.4, -0.2) is 39.9 Å². The summed E-state index contributed by atoms with van der Waals surface area (Å²) < 4.78 is 11.0. The molecular formula is C18H29N3O2. The quantitative estimate of drug-likeness (QED) is 0.417. The van der Waals surface area contributed by atoms with E-state index < -0.39 is 0 Å². The molecule has 128 valence electrons. The summed E-state index contributed by atoms with van der Waals surface area (Å²) in [5.74, 6) is 2.57. The lowest BCUT2D eigenvalue weighted by atomic mass is 10.1. The molecule has 1 aromatic carbocycles. The largest absolute Gasteiger partial charge is 0.496 e. The first-order valence-electron chi connectivity index (χ1n) is 8.38. The van der Waals surface area contributed by atoms with E-state index in [0.717, 1.165) is 49.4 Å². The van der Waals surface area contributed by atoms with Crippen LogP contribution in [0.25, 0.3) is 0 Å².